The van der Waals surface area contributed by atoms with E-state index in [2.05, 4.69) is 14.8 Å². The lowest BCUT2D eigenvalue weighted by molar-refractivity contribution is 0.0952. The van der Waals surface area contributed by atoms with Gasteiger partial charge in [-0.15, -0.1) is 0 Å². The smallest absolute Gasteiger partial charge is 0.253 e. The molecular formula is C31H33Cl2N3O3. The lowest BCUT2D eigenvalue weighted by Crippen LogP contribution is -2.38. The molecule has 0 radical (unpaired) electrons. The Bertz CT molecular complexity index is 1430. The number of likely N-dealkylation sites (tertiary alicyclic amines) is 1. The van der Waals surface area contributed by atoms with Gasteiger partial charge in [-0.2, -0.15) is 0 Å². The van der Waals surface area contributed by atoms with Gasteiger partial charge in [0.15, 0.2) is 0 Å². The molecule has 0 bridgehead atoms. The molecule has 4 aromatic rings. The van der Waals surface area contributed by atoms with Crippen LogP contribution >= 0.6 is 23.2 Å². The molecule has 39 heavy (non-hydrogen) atoms. The highest BCUT2D eigenvalue weighted by Gasteiger charge is 2.21. The quantitative estimate of drug-likeness (QED) is 0.229. The zero-order chi connectivity index (χ0) is 27.2. The van der Waals surface area contributed by atoms with E-state index in [1.54, 1.807) is 7.11 Å². The minimum Gasteiger partial charge on any atom is -0.495 e. The van der Waals surface area contributed by atoms with Crippen LogP contribution in [0.15, 0.2) is 72.9 Å². The van der Waals surface area contributed by atoms with E-state index >= 15 is 0 Å². The van der Waals surface area contributed by atoms with Gasteiger partial charge < -0.3 is 24.3 Å². The van der Waals surface area contributed by atoms with Crippen molar-refractivity contribution in [1.82, 2.24) is 14.8 Å². The van der Waals surface area contributed by atoms with Gasteiger partial charge in [-0.1, -0.05) is 53.5 Å². The van der Waals surface area contributed by atoms with Crippen LogP contribution in [0, 0.1) is 0 Å². The fourth-order valence-corrected chi connectivity index (χ4v) is 5.61. The fourth-order valence-electron chi connectivity index (χ4n) is 5.22. The molecule has 1 amide bonds. The van der Waals surface area contributed by atoms with Gasteiger partial charge in [0.1, 0.15) is 17.6 Å². The number of nitrogens with zero attached hydrogens (tertiary/aromatic N) is 2. The molecule has 5 rings (SSSR count). The number of nitrogens with one attached hydrogen (secondary N) is 1. The Balaban J connectivity index is 1.19. The first-order chi connectivity index (χ1) is 19.0. The highest BCUT2D eigenvalue weighted by molar-refractivity contribution is 6.31. The Morgan fingerprint density at radius 3 is 2.46 bits per heavy atom. The summed E-state index contributed by atoms with van der Waals surface area (Å²) in [6.45, 7) is 4.18. The molecule has 6 nitrogen and oxygen atoms in total. The SMILES string of the molecule is COc1cccc2c(C(=O)NCc3cccc(Cl)c3)cn(CCCN3CCC(Oc4cccc(Cl)c4)CC3)c12. The molecule has 1 aromatic heterocycles. The number of amides is 1. The van der Waals surface area contributed by atoms with E-state index < -0.39 is 0 Å². The van der Waals surface area contributed by atoms with Crippen molar-refractivity contribution >= 4 is 40.0 Å². The number of piperidine rings is 1. The van der Waals surface area contributed by atoms with E-state index in [9.17, 15) is 4.79 Å². The Hall–Kier alpha value is -3.19. The van der Waals surface area contributed by atoms with Crippen LogP contribution in [-0.4, -0.2) is 48.2 Å². The lowest BCUT2D eigenvalue weighted by atomic mass is 10.1. The van der Waals surface area contributed by atoms with Crippen molar-refractivity contribution in [3.8, 4) is 11.5 Å². The van der Waals surface area contributed by atoms with Crippen LogP contribution in [0.25, 0.3) is 10.9 Å². The predicted octanol–water partition coefficient (Wildman–Crippen LogP) is 6.82. The first-order valence-electron chi connectivity index (χ1n) is 13.3. The third-order valence-electron chi connectivity index (χ3n) is 7.17. The Morgan fingerprint density at radius 1 is 0.974 bits per heavy atom. The van der Waals surface area contributed by atoms with Crippen LogP contribution in [0.4, 0.5) is 0 Å². The molecule has 1 saturated heterocycles. The number of carbonyl (C=O) groups excluding carboxylic acids is 1. The number of halogens is 2. The van der Waals surface area contributed by atoms with Crippen molar-refractivity contribution in [3.05, 3.63) is 94.1 Å². The molecule has 0 aliphatic carbocycles. The number of carbonyl (C=O) groups is 1. The van der Waals surface area contributed by atoms with E-state index in [0.29, 0.717) is 22.2 Å². The van der Waals surface area contributed by atoms with E-state index in [1.807, 2.05) is 72.9 Å². The minimum atomic E-state index is -0.117. The average molecular weight is 567 g/mol. The van der Waals surface area contributed by atoms with Crippen molar-refractivity contribution in [1.29, 1.82) is 0 Å². The van der Waals surface area contributed by atoms with Gasteiger partial charge in [0, 0.05) is 47.8 Å². The van der Waals surface area contributed by atoms with Gasteiger partial charge in [0.05, 0.1) is 18.2 Å². The van der Waals surface area contributed by atoms with Crippen LogP contribution in [0.1, 0.15) is 35.2 Å². The Morgan fingerprint density at radius 2 is 1.72 bits per heavy atom. The summed E-state index contributed by atoms with van der Waals surface area (Å²) >= 11 is 12.2. The van der Waals surface area contributed by atoms with Gasteiger partial charge in [0.2, 0.25) is 0 Å². The largest absolute Gasteiger partial charge is 0.495 e. The van der Waals surface area contributed by atoms with Gasteiger partial charge in [-0.25, -0.2) is 0 Å². The van der Waals surface area contributed by atoms with Crippen LogP contribution in [-0.2, 0) is 13.1 Å². The van der Waals surface area contributed by atoms with E-state index in [4.69, 9.17) is 32.7 Å². The predicted molar refractivity (Wildman–Crippen MR) is 157 cm³/mol. The molecule has 1 aliphatic heterocycles. The molecule has 0 atom stereocenters. The minimum absolute atomic E-state index is 0.117. The molecule has 1 aliphatic rings. The highest BCUT2D eigenvalue weighted by Crippen LogP contribution is 2.30. The number of rotatable bonds is 10. The summed E-state index contributed by atoms with van der Waals surface area (Å²) in [5.74, 6) is 1.48. The van der Waals surface area contributed by atoms with Crippen molar-refractivity contribution < 1.29 is 14.3 Å². The first-order valence-corrected chi connectivity index (χ1v) is 14.1. The monoisotopic (exact) mass is 565 g/mol. The molecule has 3 aromatic carbocycles. The van der Waals surface area contributed by atoms with Gasteiger partial charge in [-0.05, 0) is 67.8 Å². The second kappa shape index (κ2) is 12.8. The number of fused-ring (bicyclic) bond motifs is 1. The summed E-state index contributed by atoms with van der Waals surface area (Å²) in [6, 6.07) is 21.0. The van der Waals surface area contributed by atoms with E-state index in [-0.39, 0.29) is 12.0 Å². The highest BCUT2D eigenvalue weighted by atomic mass is 35.5. The third-order valence-corrected chi connectivity index (χ3v) is 7.64. The Kier molecular flexibility index (Phi) is 8.97. The fraction of sp³-hybridized carbons (Fsp3) is 0.323. The first kappa shape index (κ1) is 27.4. The second-order valence-electron chi connectivity index (χ2n) is 9.87. The van der Waals surface area contributed by atoms with Crippen molar-refractivity contribution in [2.75, 3.05) is 26.7 Å². The standard InChI is InChI=1S/C31H33Cl2N3O3/c1-38-29-11-4-10-27-28(31(37)34-20-22-6-2-7-23(32)18-22)21-36(30(27)29)15-5-14-35-16-12-25(13-17-35)39-26-9-3-8-24(33)19-26/h2-4,6-11,18-19,21,25H,5,12-17,20H2,1H3,(H,34,37). The molecule has 1 N–H and O–H groups in total. The number of ether oxygens (including phenoxy) is 2. The number of aryl methyl sites for hydroxylation is 1. The van der Waals surface area contributed by atoms with Crippen molar-refractivity contribution in [2.45, 2.75) is 38.5 Å². The van der Waals surface area contributed by atoms with Crippen LogP contribution < -0.4 is 14.8 Å². The number of methoxy groups -OCH3 is 1. The summed E-state index contributed by atoms with van der Waals surface area (Å²) in [5, 5.41) is 5.27. The molecule has 204 valence electrons. The molecular weight excluding hydrogens is 533 g/mol. The summed E-state index contributed by atoms with van der Waals surface area (Å²) in [5.41, 5.74) is 2.55. The van der Waals surface area contributed by atoms with Crippen molar-refractivity contribution in [3.63, 3.8) is 0 Å². The molecule has 8 heteroatoms. The number of hydrogen-bond donors (Lipinski definition) is 1. The third kappa shape index (κ3) is 6.88. The summed E-state index contributed by atoms with van der Waals surface area (Å²) < 4.78 is 14.0. The van der Waals surface area contributed by atoms with Gasteiger partial charge in [-0.3, -0.25) is 4.79 Å². The zero-order valence-corrected chi connectivity index (χ0v) is 23.5. The van der Waals surface area contributed by atoms with Gasteiger partial charge >= 0.3 is 0 Å². The summed E-state index contributed by atoms with van der Waals surface area (Å²) in [4.78, 5) is 15.7. The molecule has 0 unspecified atom stereocenters. The van der Waals surface area contributed by atoms with Crippen LogP contribution in [0.2, 0.25) is 10.0 Å². The average Bonchev–Trinajstić information content (AvgIpc) is 3.32. The summed E-state index contributed by atoms with van der Waals surface area (Å²) in [6.07, 6.45) is 5.11. The number of benzene rings is 3. The normalized spacial score (nSPS) is 14.4. The molecule has 2 heterocycles. The van der Waals surface area contributed by atoms with E-state index in [1.165, 1.54) is 0 Å². The van der Waals surface area contributed by atoms with Crippen molar-refractivity contribution in [2.24, 2.45) is 0 Å². The molecule has 0 spiro atoms. The van der Waals surface area contributed by atoms with Crippen LogP contribution in [0.5, 0.6) is 11.5 Å². The Labute approximate surface area is 239 Å². The lowest BCUT2D eigenvalue weighted by Gasteiger charge is -2.32. The number of hydrogen-bond acceptors (Lipinski definition) is 4. The number of aromatic nitrogens is 1. The maximum Gasteiger partial charge on any atom is 0.253 e. The van der Waals surface area contributed by atoms with E-state index in [0.717, 1.165) is 73.4 Å². The summed E-state index contributed by atoms with van der Waals surface area (Å²) in [7, 11) is 1.67. The zero-order valence-electron chi connectivity index (χ0n) is 22.0. The van der Waals surface area contributed by atoms with Crippen LogP contribution in [0.3, 0.4) is 0 Å². The second-order valence-corrected chi connectivity index (χ2v) is 10.7. The molecule has 0 saturated carbocycles. The maximum absolute atomic E-state index is 13.2. The number of para-hydroxylation sites is 1. The molecule has 1 fully saturated rings. The topological polar surface area (TPSA) is 55.7 Å². The maximum atomic E-state index is 13.2. The van der Waals surface area contributed by atoms with Gasteiger partial charge in [0.25, 0.3) is 5.91 Å².